The number of carbonyl (C=O) groups excluding carboxylic acids is 1. The van der Waals surface area contributed by atoms with E-state index in [1.807, 2.05) is 18.4 Å². The molecule has 3 heterocycles. The number of hydrogen-bond donors (Lipinski definition) is 1. The number of fused-ring (bicyclic) bond motifs is 1. The third kappa shape index (κ3) is 4.17. The van der Waals surface area contributed by atoms with Gasteiger partial charge in [-0.3, -0.25) is 19.8 Å². The molecule has 1 amide bonds. The lowest BCUT2D eigenvalue weighted by molar-refractivity contribution is -0.384. The molecule has 1 aromatic carbocycles. The van der Waals surface area contributed by atoms with E-state index < -0.39 is 4.92 Å². The number of aryl methyl sites for hydroxylation is 1. The molecule has 0 aliphatic carbocycles. The topological polar surface area (TPSA) is 104 Å². The number of piperazine rings is 1. The predicted molar refractivity (Wildman–Crippen MR) is 113 cm³/mol. The summed E-state index contributed by atoms with van der Waals surface area (Å²) in [6, 6.07) is 6.50. The Labute approximate surface area is 171 Å². The van der Waals surface area contributed by atoms with Crippen molar-refractivity contribution in [1.82, 2.24) is 14.9 Å². The van der Waals surface area contributed by atoms with Gasteiger partial charge in [0.2, 0.25) is 5.91 Å². The number of anilines is 2. The summed E-state index contributed by atoms with van der Waals surface area (Å²) in [7, 11) is 0. The summed E-state index contributed by atoms with van der Waals surface area (Å²) < 4.78 is 0. The molecule has 3 aromatic rings. The lowest BCUT2D eigenvalue weighted by Crippen LogP contribution is -2.49. The number of thiophene rings is 1. The Hall–Kier alpha value is -3.11. The van der Waals surface area contributed by atoms with Crippen LogP contribution < -0.4 is 10.2 Å². The van der Waals surface area contributed by atoms with Crippen LogP contribution in [0.1, 0.15) is 5.56 Å². The third-order valence-corrected chi connectivity index (χ3v) is 5.81. The molecule has 2 aromatic heterocycles. The van der Waals surface area contributed by atoms with E-state index in [9.17, 15) is 14.9 Å². The van der Waals surface area contributed by atoms with Crippen LogP contribution in [0.5, 0.6) is 0 Å². The van der Waals surface area contributed by atoms with Crippen molar-refractivity contribution >= 4 is 44.7 Å². The van der Waals surface area contributed by atoms with Crippen LogP contribution in [0.3, 0.4) is 0 Å². The largest absolute Gasteiger partial charge is 0.353 e. The SMILES string of the molecule is Cc1ccc([N+](=O)[O-])cc1NC(=O)CN1CCN(c2ncnc3sccc23)CC1. The van der Waals surface area contributed by atoms with Gasteiger partial charge in [-0.15, -0.1) is 11.3 Å². The number of nitrogens with zero attached hydrogens (tertiary/aromatic N) is 5. The maximum atomic E-state index is 12.5. The zero-order valence-electron chi connectivity index (χ0n) is 15.9. The summed E-state index contributed by atoms with van der Waals surface area (Å²) in [5, 5.41) is 16.8. The van der Waals surface area contributed by atoms with Crippen LogP contribution in [0.2, 0.25) is 0 Å². The van der Waals surface area contributed by atoms with Gasteiger partial charge in [-0.2, -0.15) is 0 Å². The van der Waals surface area contributed by atoms with Gasteiger partial charge in [0.25, 0.3) is 5.69 Å². The van der Waals surface area contributed by atoms with Gasteiger partial charge in [-0.1, -0.05) is 6.07 Å². The number of benzene rings is 1. The second kappa shape index (κ2) is 8.10. The average molecular weight is 412 g/mol. The fourth-order valence-electron chi connectivity index (χ4n) is 3.40. The van der Waals surface area contributed by atoms with E-state index in [1.54, 1.807) is 23.7 Å². The second-order valence-corrected chi connectivity index (χ2v) is 7.80. The molecule has 0 spiro atoms. The van der Waals surface area contributed by atoms with Crippen molar-refractivity contribution in [2.75, 3.05) is 42.9 Å². The van der Waals surface area contributed by atoms with E-state index in [0.29, 0.717) is 5.69 Å². The van der Waals surface area contributed by atoms with E-state index >= 15 is 0 Å². The Balaban J connectivity index is 1.35. The van der Waals surface area contributed by atoms with Crippen molar-refractivity contribution in [1.29, 1.82) is 0 Å². The number of nitro benzene ring substituents is 1. The predicted octanol–water partition coefficient (Wildman–Crippen LogP) is 2.67. The van der Waals surface area contributed by atoms with Gasteiger partial charge in [0.1, 0.15) is 17.0 Å². The van der Waals surface area contributed by atoms with Crippen LogP contribution in [0, 0.1) is 17.0 Å². The summed E-state index contributed by atoms with van der Waals surface area (Å²) in [4.78, 5) is 36.9. The number of non-ortho nitro benzene ring substituents is 1. The molecule has 10 heteroatoms. The highest BCUT2D eigenvalue weighted by molar-refractivity contribution is 7.16. The number of rotatable bonds is 5. The van der Waals surface area contributed by atoms with Gasteiger partial charge < -0.3 is 10.2 Å². The third-order valence-electron chi connectivity index (χ3n) is 4.99. The summed E-state index contributed by atoms with van der Waals surface area (Å²) in [6.45, 7) is 5.06. The lowest BCUT2D eigenvalue weighted by atomic mass is 10.2. The molecule has 1 aliphatic rings. The van der Waals surface area contributed by atoms with Crippen molar-refractivity contribution < 1.29 is 9.72 Å². The summed E-state index contributed by atoms with van der Waals surface area (Å²) >= 11 is 1.60. The van der Waals surface area contributed by atoms with Gasteiger partial charge in [0.05, 0.1) is 22.5 Å². The van der Waals surface area contributed by atoms with E-state index in [-0.39, 0.29) is 18.1 Å². The van der Waals surface area contributed by atoms with Crippen LogP contribution in [-0.4, -0.2) is 58.4 Å². The Morgan fingerprint density at radius 1 is 1.24 bits per heavy atom. The summed E-state index contributed by atoms with van der Waals surface area (Å²) in [5.74, 6) is 0.761. The van der Waals surface area contributed by atoms with Crippen LogP contribution in [0.15, 0.2) is 36.0 Å². The number of nitro groups is 1. The molecule has 29 heavy (non-hydrogen) atoms. The summed E-state index contributed by atoms with van der Waals surface area (Å²) in [5.41, 5.74) is 1.23. The molecule has 0 bridgehead atoms. The van der Waals surface area contributed by atoms with E-state index in [2.05, 4.69) is 25.1 Å². The second-order valence-electron chi connectivity index (χ2n) is 6.90. The lowest BCUT2D eigenvalue weighted by Gasteiger charge is -2.35. The molecule has 0 radical (unpaired) electrons. The molecule has 150 valence electrons. The number of amides is 1. The first-order valence-electron chi connectivity index (χ1n) is 9.21. The fourth-order valence-corrected chi connectivity index (χ4v) is 4.13. The molecule has 0 atom stereocenters. The Kier molecular flexibility index (Phi) is 5.36. The van der Waals surface area contributed by atoms with E-state index in [0.717, 1.165) is 47.8 Å². The number of hydrogen-bond acceptors (Lipinski definition) is 8. The maximum Gasteiger partial charge on any atom is 0.271 e. The Morgan fingerprint density at radius 3 is 2.79 bits per heavy atom. The molecular weight excluding hydrogens is 392 g/mol. The van der Waals surface area contributed by atoms with Crippen molar-refractivity contribution in [3.8, 4) is 0 Å². The number of nitrogens with one attached hydrogen (secondary N) is 1. The molecule has 1 fully saturated rings. The van der Waals surface area contributed by atoms with Crippen molar-refractivity contribution in [2.24, 2.45) is 0 Å². The highest BCUT2D eigenvalue weighted by Crippen LogP contribution is 2.27. The number of carbonyl (C=O) groups is 1. The first kappa shape index (κ1) is 19.2. The molecule has 0 unspecified atom stereocenters. The minimum absolute atomic E-state index is 0.0379. The molecule has 0 saturated carbocycles. The fraction of sp³-hybridized carbons (Fsp3) is 0.316. The Morgan fingerprint density at radius 2 is 2.03 bits per heavy atom. The van der Waals surface area contributed by atoms with Gasteiger partial charge in [-0.25, -0.2) is 9.97 Å². The molecule has 4 rings (SSSR count). The van der Waals surface area contributed by atoms with Crippen LogP contribution in [0.25, 0.3) is 10.2 Å². The molecular formula is C19H20N6O3S. The molecule has 9 nitrogen and oxygen atoms in total. The van der Waals surface area contributed by atoms with Gasteiger partial charge in [0, 0.05) is 38.3 Å². The first-order valence-corrected chi connectivity index (χ1v) is 10.1. The van der Waals surface area contributed by atoms with E-state index in [4.69, 9.17) is 0 Å². The minimum Gasteiger partial charge on any atom is -0.353 e. The van der Waals surface area contributed by atoms with Gasteiger partial charge in [0.15, 0.2) is 0 Å². The quantitative estimate of drug-likeness (QED) is 0.507. The molecule has 1 saturated heterocycles. The average Bonchev–Trinajstić information content (AvgIpc) is 3.19. The Bertz CT molecular complexity index is 1060. The first-order chi connectivity index (χ1) is 14.0. The van der Waals surface area contributed by atoms with Gasteiger partial charge in [-0.05, 0) is 23.9 Å². The van der Waals surface area contributed by atoms with E-state index in [1.165, 1.54) is 12.1 Å². The zero-order chi connectivity index (χ0) is 20.4. The van der Waals surface area contributed by atoms with Crippen LogP contribution in [-0.2, 0) is 4.79 Å². The molecule has 1 N–H and O–H groups in total. The zero-order valence-corrected chi connectivity index (χ0v) is 16.7. The normalized spacial score (nSPS) is 14.9. The van der Waals surface area contributed by atoms with Crippen LogP contribution >= 0.6 is 11.3 Å². The van der Waals surface area contributed by atoms with Crippen molar-refractivity contribution in [3.05, 3.63) is 51.7 Å². The monoisotopic (exact) mass is 412 g/mol. The maximum absolute atomic E-state index is 12.5. The van der Waals surface area contributed by atoms with Crippen molar-refractivity contribution in [2.45, 2.75) is 6.92 Å². The smallest absolute Gasteiger partial charge is 0.271 e. The summed E-state index contributed by atoms with van der Waals surface area (Å²) in [6.07, 6.45) is 1.59. The highest BCUT2D eigenvalue weighted by atomic mass is 32.1. The van der Waals surface area contributed by atoms with Gasteiger partial charge >= 0.3 is 0 Å². The standard InChI is InChI=1S/C19H20N6O3S/c1-13-2-3-14(25(27)28)10-16(13)22-17(26)11-23-5-7-24(8-6-23)18-15-4-9-29-19(15)21-12-20-18/h2-4,9-10,12H,5-8,11H2,1H3,(H,22,26). The minimum atomic E-state index is -0.466. The highest BCUT2D eigenvalue weighted by Gasteiger charge is 2.22. The number of aromatic nitrogens is 2. The molecule has 1 aliphatic heterocycles. The van der Waals surface area contributed by atoms with Crippen molar-refractivity contribution in [3.63, 3.8) is 0 Å². The van der Waals surface area contributed by atoms with Crippen LogP contribution in [0.4, 0.5) is 17.2 Å².